The highest BCUT2D eigenvalue weighted by Gasteiger charge is 2.41. The third-order valence-electron chi connectivity index (χ3n) is 5.97. The number of fused-ring (bicyclic) bond motifs is 1. The average Bonchev–Trinajstić information content (AvgIpc) is 3.49. The van der Waals surface area contributed by atoms with Crippen molar-refractivity contribution < 1.29 is 18.3 Å². The van der Waals surface area contributed by atoms with Crippen LogP contribution in [0.4, 0.5) is 13.2 Å². The van der Waals surface area contributed by atoms with Gasteiger partial charge in [-0.25, -0.2) is 27.8 Å². The van der Waals surface area contributed by atoms with Crippen molar-refractivity contribution in [3.8, 4) is 10.4 Å². The number of hydrogen-bond acceptors (Lipinski definition) is 6. The van der Waals surface area contributed by atoms with Crippen molar-refractivity contribution in [3.63, 3.8) is 0 Å². The third-order valence-corrected chi connectivity index (χ3v) is 7.13. The molecular weight excluding hydrogens is 479 g/mol. The molecule has 0 fully saturated rings. The SMILES string of the molecule is CC(n1cnc2cc(-c3ccc(F)cc3)sc2c1=O)C(O)(Cn1cncn1)c1ccc(F)cc1F. The second kappa shape index (κ2) is 8.75. The normalized spacial score (nSPS) is 14.2. The van der Waals surface area contributed by atoms with Crippen molar-refractivity contribution in [2.75, 3.05) is 0 Å². The van der Waals surface area contributed by atoms with Gasteiger partial charge in [0.15, 0.2) is 0 Å². The molecule has 0 spiro atoms. The minimum atomic E-state index is -2.01. The van der Waals surface area contributed by atoms with Crippen LogP contribution < -0.4 is 5.56 Å². The van der Waals surface area contributed by atoms with Crippen molar-refractivity contribution in [1.29, 1.82) is 0 Å². The van der Waals surface area contributed by atoms with Gasteiger partial charge in [0.2, 0.25) is 0 Å². The lowest BCUT2D eigenvalue weighted by Gasteiger charge is -2.35. The Bertz CT molecular complexity index is 1570. The van der Waals surface area contributed by atoms with E-state index in [1.807, 2.05) is 0 Å². The predicted molar refractivity (Wildman–Crippen MR) is 124 cm³/mol. The molecule has 1 N–H and O–H groups in total. The van der Waals surface area contributed by atoms with Crippen molar-refractivity contribution in [2.24, 2.45) is 0 Å². The molecule has 0 radical (unpaired) electrons. The zero-order valence-electron chi connectivity index (χ0n) is 18.3. The molecule has 5 rings (SSSR count). The smallest absolute Gasteiger partial charge is 0.271 e. The molecule has 0 amide bonds. The predicted octanol–water partition coefficient (Wildman–Crippen LogP) is 4.28. The van der Waals surface area contributed by atoms with E-state index >= 15 is 0 Å². The van der Waals surface area contributed by atoms with Gasteiger partial charge in [0.1, 0.15) is 40.4 Å². The highest BCUT2D eigenvalue weighted by atomic mass is 32.1. The summed E-state index contributed by atoms with van der Waals surface area (Å²) in [7, 11) is 0. The molecule has 3 aromatic heterocycles. The van der Waals surface area contributed by atoms with Gasteiger partial charge in [-0.3, -0.25) is 9.36 Å². The Kier molecular flexibility index (Phi) is 5.73. The maximum atomic E-state index is 14.9. The van der Waals surface area contributed by atoms with Gasteiger partial charge >= 0.3 is 0 Å². The molecule has 35 heavy (non-hydrogen) atoms. The molecule has 5 aromatic rings. The monoisotopic (exact) mass is 497 g/mol. The fourth-order valence-electron chi connectivity index (χ4n) is 4.03. The molecule has 0 saturated carbocycles. The van der Waals surface area contributed by atoms with Crippen LogP contribution in [0.25, 0.3) is 20.7 Å². The first-order valence-electron chi connectivity index (χ1n) is 10.5. The van der Waals surface area contributed by atoms with Crippen molar-refractivity contribution in [1.82, 2.24) is 24.3 Å². The van der Waals surface area contributed by atoms with Crippen LogP contribution in [-0.4, -0.2) is 29.4 Å². The first kappa shape index (κ1) is 22.9. The van der Waals surface area contributed by atoms with E-state index in [2.05, 4.69) is 15.1 Å². The average molecular weight is 498 g/mol. The molecule has 7 nitrogen and oxygen atoms in total. The quantitative estimate of drug-likeness (QED) is 0.379. The summed E-state index contributed by atoms with van der Waals surface area (Å²) < 4.78 is 44.6. The number of nitrogens with zero attached hydrogens (tertiary/aromatic N) is 5. The largest absolute Gasteiger partial charge is 0.381 e. The molecule has 0 saturated heterocycles. The summed E-state index contributed by atoms with van der Waals surface area (Å²) in [5.41, 5.74) is -1.49. The van der Waals surface area contributed by atoms with Crippen LogP contribution in [0.2, 0.25) is 0 Å². The Balaban J connectivity index is 1.62. The summed E-state index contributed by atoms with van der Waals surface area (Å²) >= 11 is 1.18. The number of benzene rings is 2. The van der Waals surface area contributed by atoms with E-state index in [0.29, 0.717) is 16.3 Å². The molecule has 2 aromatic carbocycles. The van der Waals surface area contributed by atoms with E-state index in [1.54, 1.807) is 25.1 Å². The fourth-order valence-corrected chi connectivity index (χ4v) is 5.08. The van der Waals surface area contributed by atoms with Crippen LogP contribution in [-0.2, 0) is 12.1 Å². The maximum Gasteiger partial charge on any atom is 0.271 e. The van der Waals surface area contributed by atoms with E-state index in [-0.39, 0.29) is 17.9 Å². The number of hydrogen-bond donors (Lipinski definition) is 1. The maximum absolute atomic E-state index is 14.9. The van der Waals surface area contributed by atoms with Gasteiger partial charge in [0, 0.05) is 16.5 Å². The molecule has 3 heterocycles. The number of aromatic nitrogens is 5. The van der Waals surface area contributed by atoms with Gasteiger partial charge < -0.3 is 5.11 Å². The summed E-state index contributed by atoms with van der Waals surface area (Å²) in [5.74, 6) is -2.13. The molecule has 0 bridgehead atoms. The lowest BCUT2D eigenvalue weighted by atomic mass is 9.86. The first-order chi connectivity index (χ1) is 16.8. The summed E-state index contributed by atoms with van der Waals surface area (Å²) in [6.07, 6.45) is 3.89. The van der Waals surface area contributed by atoms with Gasteiger partial charge in [0.05, 0.1) is 24.4 Å². The molecule has 2 unspecified atom stereocenters. The summed E-state index contributed by atoms with van der Waals surface area (Å²) in [5, 5.41) is 15.8. The van der Waals surface area contributed by atoms with Gasteiger partial charge in [-0.15, -0.1) is 11.3 Å². The Morgan fingerprint density at radius 1 is 1.06 bits per heavy atom. The molecule has 0 aliphatic heterocycles. The van der Waals surface area contributed by atoms with Gasteiger partial charge in [-0.1, -0.05) is 18.2 Å². The first-order valence-corrected chi connectivity index (χ1v) is 11.3. The Hall–Kier alpha value is -3.83. The lowest BCUT2D eigenvalue weighted by molar-refractivity contribution is -0.0343. The van der Waals surface area contributed by atoms with Crippen LogP contribution in [0.5, 0.6) is 0 Å². The fraction of sp³-hybridized carbons (Fsp3) is 0.167. The van der Waals surface area contributed by atoms with Gasteiger partial charge in [-0.05, 0) is 36.8 Å². The highest BCUT2D eigenvalue weighted by molar-refractivity contribution is 7.22. The van der Waals surface area contributed by atoms with E-state index in [1.165, 1.54) is 51.7 Å². The number of thiophene rings is 1. The Morgan fingerprint density at radius 3 is 2.49 bits per heavy atom. The minimum absolute atomic E-state index is 0.202. The van der Waals surface area contributed by atoms with Crippen LogP contribution >= 0.6 is 11.3 Å². The Labute approximate surface area is 200 Å². The van der Waals surface area contributed by atoms with Crippen LogP contribution in [0.15, 0.2) is 72.3 Å². The lowest BCUT2D eigenvalue weighted by Crippen LogP contribution is -2.43. The van der Waals surface area contributed by atoms with Gasteiger partial charge in [-0.2, -0.15) is 5.10 Å². The van der Waals surface area contributed by atoms with E-state index in [4.69, 9.17) is 0 Å². The van der Waals surface area contributed by atoms with E-state index in [0.717, 1.165) is 22.6 Å². The minimum Gasteiger partial charge on any atom is -0.381 e. The number of rotatable bonds is 6. The standard InChI is InChI=1S/C24H18F3N5O2S/c1-14(24(34,10-31-12-28-11-30-31)18-7-6-17(26)8-19(18)27)32-13-29-20-9-21(35-22(20)23(32)33)15-2-4-16(25)5-3-15/h2-9,11-14,34H,10H2,1H3. The molecule has 11 heteroatoms. The summed E-state index contributed by atoms with van der Waals surface area (Å²) in [6.45, 7) is 1.29. The Morgan fingerprint density at radius 2 is 1.80 bits per heavy atom. The molecule has 0 aliphatic carbocycles. The van der Waals surface area contributed by atoms with Crippen LogP contribution in [0.3, 0.4) is 0 Å². The van der Waals surface area contributed by atoms with Crippen molar-refractivity contribution in [2.45, 2.75) is 25.1 Å². The molecular formula is C24H18F3N5O2S. The molecule has 2 atom stereocenters. The second-order valence-electron chi connectivity index (χ2n) is 8.11. The van der Waals surface area contributed by atoms with Gasteiger partial charge in [0.25, 0.3) is 5.56 Å². The summed E-state index contributed by atoms with van der Waals surface area (Å²) in [4.78, 5) is 22.4. The second-order valence-corrected chi connectivity index (χ2v) is 9.16. The highest BCUT2D eigenvalue weighted by Crippen LogP contribution is 2.37. The van der Waals surface area contributed by atoms with E-state index in [9.17, 15) is 23.1 Å². The van der Waals surface area contributed by atoms with E-state index < -0.39 is 28.8 Å². The van der Waals surface area contributed by atoms with Crippen LogP contribution in [0, 0.1) is 17.5 Å². The topological polar surface area (TPSA) is 85.8 Å². The zero-order valence-corrected chi connectivity index (χ0v) is 19.1. The molecule has 178 valence electrons. The third kappa shape index (κ3) is 4.13. The van der Waals surface area contributed by atoms with Crippen molar-refractivity contribution in [3.05, 3.63) is 101 Å². The number of halogens is 3. The van der Waals surface area contributed by atoms with Crippen molar-refractivity contribution >= 4 is 21.6 Å². The molecule has 0 aliphatic rings. The zero-order chi connectivity index (χ0) is 24.7. The van der Waals surface area contributed by atoms with Crippen LogP contribution in [0.1, 0.15) is 18.5 Å². The number of aliphatic hydroxyl groups is 1. The summed E-state index contributed by atoms with van der Waals surface area (Å²) in [6, 6.07) is 9.42.